The molecule has 7 nitrogen and oxygen atoms in total. The van der Waals surface area contributed by atoms with Crippen molar-refractivity contribution in [1.82, 2.24) is 0 Å². The van der Waals surface area contributed by atoms with Crippen molar-refractivity contribution in [3.8, 4) is 0 Å². The smallest absolute Gasteiger partial charge is 0.282 e. The number of hydrogen-bond acceptors (Lipinski definition) is 5. The highest BCUT2D eigenvalue weighted by atomic mass is 32.2. The van der Waals surface area contributed by atoms with Crippen LogP contribution in [0.5, 0.6) is 0 Å². The molecule has 100 valence electrons. The number of rotatable bonds is 3. The Balaban J connectivity index is 2.99. The van der Waals surface area contributed by atoms with E-state index < -0.39 is 29.9 Å². The van der Waals surface area contributed by atoms with Crippen LogP contribution in [0.25, 0.3) is 10.8 Å². The van der Waals surface area contributed by atoms with Crippen LogP contribution < -0.4 is 0 Å². The summed E-state index contributed by atoms with van der Waals surface area (Å²) in [4.78, 5) is 9.50. The van der Waals surface area contributed by atoms with Crippen LogP contribution in [0.4, 0.5) is 0 Å². The number of sulfonamides is 1. The van der Waals surface area contributed by atoms with Crippen LogP contribution in [0.15, 0.2) is 50.8 Å². The first-order valence-electron chi connectivity index (χ1n) is 4.86. The van der Waals surface area contributed by atoms with Crippen LogP contribution in [0.1, 0.15) is 0 Å². The van der Waals surface area contributed by atoms with Crippen LogP contribution in [0.3, 0.4) is 0 Å². The molecule has 0 radical (unpaired) electrons. The molecular formula is C10H7NO6S2. The second-order valence-electron chi connectivity index (χ2n) is 3.63. The average Bonchev–Trinajstić information content (AvgIpc) is 2.36. The monoisotopic (exact) mass is 301 g/mol. The SMILES string of the molecule is O=NS(=O)(=O)c1cccc2c(S(=O)(=O)O)cccc12. The first-order valence-corrected chi connectivity index (χ1v) is 7.74. The van der Waals surface area contributed by atoms with Crippen molar-refractivity contribution in [2.45, 2.75) is 9.79 Å². The van der Waals surface area contributed by atoms with Crippen LogP contribution in [-0.2, 0) is 20.1 Å². The summed E-state index contributed by atoms with van der Waals surface area (Å²) in [6.07, 6.45) is 0. The van der Waals surface area contributed by atoms with E-state index in [2.05, 4.69) is 0 Å². The van der Waals surface area contributed by atoms with E-state index in [-0.39, 0.29) is 10.8 Å². The Hall–Kier alpha value is -1.84. The molecule has 0 aliphatic heterocycles. The Morgan fingerprint density at radius 3 is 1.79 bits per heavy atom. The molecule has 1 N–H and O–H groups in total. The van der Waals surface area contributed by atoms with Gasteiger partial charge in [-0.2, -0.15) is 16.8 Å². The number of hydrogen-bond donors (Lipinski definition) is 1. The topological polar surface area (TPSA) is 118 Å². The van der Waals surface area contributed by atoms with Crippen LogP contribution in [0.2, 0.25) is 0 Å². The van der Waals surface area contributed by atoms with E-state index >= 15 is 0 Å². The maximum atomic E-state index is 11.5. The van der Waals surface area contributed by atoms with E-state index in [0.717, 1.165) is 12.1 Å². The number of benzene rings is 2. The van der Waals surface area contributed by atoms with Crippen molar-refractivity contribution < 1.29 is 21.4 Å². The van der Waals surface area contributed by atoms with Crippen molar-refractivity contribution in [2.75, 3.05) is 0 Å². The summed E-state index contributed by atoms with van der Waals surface area (Å²) in [5, 5.41) is -0.00745. The minimum atomic E-state index is -4.50. The highest BCUT2D eigenvalue weighted by Gasteiger charge is 2.21. The summed E-state index contributed by atoms with van der Waals surface area (Å²) in [5.41, 5.74) is 0. The van der Waals surface area contributed by atoms with Gasteiger partial charge >= 0.3 is 10.0 Å². The first-order chi connectivity index (χ1) is 8.77. The Kier molecular flexibility index (Phi) is 3.12. The fraction of sp³-hybridized carbons (Fsp3) is 0. The molecule has 0 aliphatic rings. The molecule has 0 spiro atoms. The zero-order valence-electron chi connectivity index (χ0n) is 9.22. The summed E-state index contributed by atoms with van der Waals surface area (Å²) in [6, 6.07) is 7.42. The molecule has 0 atom stereocenters. The van der Waals surface area contributed by atoms with Gasteiger partial charge in [0.2, 0.25) is 0 Å². The number of nitrogens with zero attached hydrogens (tertiary/aromatic N) is 1. The fourth-order valence-electron chi connectivity index (χ4n) is 1.74. The molecule has 9 heteroatoms. The highest BCUT2D eigenvalue weighted by Crippen LogP contribution is 2.28. The average molecular weight is 301 g/mol. The maximum Gasteiger partial charge on any atom is 0.317 e. The van der Waals surface area contributed by atoms with Crippen LogP contribution in [0, 0.1) is 4.91 Å². The largest absolute Gasteiger partial charge is 0.317 e. The zero-order valence-corrected chi connectivity index (χ0v) is 10.8. The first kappa shape index (κ1) is 13.6. The van der Waals surface area contributed by atoms with Crippen molar-refractivity contribution in [3.05, 3.63) is 41.3 Å². The predicted octanol–water partition coefficient (Wildman–Crippen LogP) is 1.54. The predicted molar refractivity (Wildman–Crippen MR) is 66.7 cm³/mol. The molecule has 2 aromatic rings. The lowest BCUT2D eigenvalue weighted by Gasteiger charge is -2.06. The van der Waals surface area contributed by atoms with Gasteiger partial charge in [0.05, 0.1) is 4.58 Å². The maximum absolute atomic E-state index is 11.5. The molecule has 0 saturated heterocycles. The molecule has 0 aliphatic carbocycles. The Labute approximate surface area is 108 Å². The fourth-order valence-corrected chi connectivity index (χ4v) is 3.24. The van der Waals surface area contributed by atoms with E-state index in [1.54, 1.807) is 0 Å². The van der Waals surface area contributed by atoms with Gasteiger partial charge in [0.25, 0.3) is 10.1 Å². The lowest BCUT2D eigenvalue weighted by Crippen LogP contribution is -2.01. The molecule has 0 bridgehead atoms. The zero-order chi connectivity index (χ0) is 14.3. The molecule has 0 heterocycles. The highest BCUT2D eigenvalue weighted by molar-refractivity contribution is 7.90. The van der Waals surface area contributed by atoms with Gasteiger partial charge < -0.3 is 0 Å². The molecular weight excluding hydrogens is 294 g/mol. The molecule has 0 unspecified atom stereocenters. The third-order valence-electron chi connectivity index (χ3n) is 2.50. The standard InChI is InChI=1S/C10H7NO6S2/c12-11-18(13,14)9-5-1-4-8-7(9)3-2-6-10(8)19(15,16)17/h1-6H,(H,15,16,17). The lowest BCUT2D eigenvalue weighted by molar-refractivity contribution is 0.484. The van der Waals surface area contributed by atoms with E-state index in [1.165, 1.54) is 24.3 Å². The summed E-state index contributed by atoms with van der Waals surface area (Å²) in [7, 11) is -8.90. The number of nitroso groups, excluding NO2 is 1. The van der Waals surface area contributed by atoms with E-state index in [9.17, 15) is 21.7 Å². The van der Waals surface area contributed by atoms with E-state index in [0.29, 0.717) is 0 Å². The van der Waals surface area contributed by atoms with Crippen molar-refractivity contribution in [1.29, 1.82) is 0 Å². The summed E-state index contributed by atoms with van der Waals surface area (Å²) >= 11 is 0. The van der Waals surface area contributed by atoms with E-state index in [4.69, 9.17) is 4.55 Å². The molecule has 0 amide bonds. The van der Waals surface area contributed by atoms with Crippen LogP contribution in [-0.4, -0.2) is 21.4 Å². The molecule has 0 aromatic heterocycles. The van der Waals surface area contributed by atoms with Gasteiger partial charge in [-0.1, -0.05) is 24.3 Å². The molecule has 2 rings (SSSR count). The number of fused-ring (bicyclic) bond motifs is 1. The summed E-state index contributed by atoms with van der Waals surface area (Å²) in [5.74, 6) is 0. The quantitative estimate of drug-likeness (QED) is 0.678. The molecule has 0 fully saturated rings. The Bertz CT molecular complexity index is 870. The van der Waals surface area contributed by atoms with Crippen LogP contribution >= 0.6 is 0 Å². The van der Waals surface area contributed by atoms with Crippen molar-refractivity contribution in [3.63, 3.8) is 0 Å². The lowest BCUT2D eigenvalue weighted by atomic mass is 10.1. The van der Waals surface area contributed by atoms with Gasteiger partial charge in [0, 0.05) is 10.8 Å². The van der Waals surface area contributed by atoms with E-state index in [1.807, 2.05) is 4.58 Å². The van der Waals surface area contributed by atoms with Gasteiger partial charge in [-0.05, 0) is 12.1 Å². The second-order valence-corrected chi connectivity index (χ2v) is 6.56. The van der Waals surface area contributed by atoms with Gasteiger partial charge in [0.1, 0.15) is 9.79 Å². The van der Waals surface area contributed by atoms with Crippen molar-refractivity contribution in [2.24, 2.45) is 4.58 Å². The summed E-state index contributed by atoms with van der Waals surface area (Å²) < 4.78 is 56.5. The van der Waals surface area contributed by atoms with Gasteiger partial charge in [0.15, 0.2) is 0 Å². The van der Waals surface area contributed by atoms with Gasteiger partial charge in [-0.3, -0.25) is 4.55 Å². The second kappa shape index (κ2) is 4.37. The molecule has 2 aromatic carbocycles. The normalized spacial score (nSPS) is 12.5. The summed E-state index contributed by atoms with van der Waals surface area (Å²) in [6.45, 7) is 0. The minimum Gasteiger partial charge on any atom is -0.282 e. The third-order valence-corrected chi connectivity index (χ3v) is 4.52. The minimum absolute atomic E-state index is 0.00257. The molecule has 19 heavy (non-hydrogen) atoms. The molecule has 0 saturated carbocycles. The Morgan fingerprint density at radius 2 is 1.32 bits per heavy atom. The van der Waals surface area contributed by atoms with Crippen molar-refractivity contribution >= 4 is 30.9 Å². The Morgan fingerprint density at radius 1 is 0.842 bits per heavy atom. The van der Waals surface area contributed by atoms with Gasteiger partial charge in [-0.25, -0.2) is 0 Å². The third kappa shape index (κ3) is 2.35. The van der Waals surface area contributed by atoms with Gasteiger partial charge in [-0.15, -0.1) is 4.91 Å².